The quantitative estimate of drug-likeness (QED) is 0.845. The number of aliphatic hydroxyl groups excluding tert-OH is 1. The summed E-state index contributed by atoms with van der Waals surface area (Å²) >= 11 is 0. The van der Waals surface area contributed by atoms with Gasteiger partial charge in [-0.1, -0.05) is 30.3 Å². The molecule has 1 fully saturated rings. The van der Waals surface area contributed by atoms with Gasteiger partial charge in [-0.2, -0.15) is 5.26 Å². The van der Waals surface area contributed by atoms with E-state index in [9.17, 15) is 5.11 Å². The molecular weight excluding hydrogens is 312 g/mol. The highest BCUT2D eigenvalue weighted by Gasteiger charge is 2.30. The molecule has 0 radical (unpaired) electrons. The number of nitrogens with zero attached hydrogens (tertiary/aromatic N) is 3. The average molecular weight is 338 g/mol. The number of benzene rings is 1. The van der Waals surface area contributed by atoms with Crippen molar-refractivity contribution in [2.24, 2.45) is 7.05 Å². The Kier molecular flexibility index (Phi) is 5.54. The van der Waals surface area contributed by atoms with E-state index in [0.717, 1.165) is 43.9 Å². The van der Waals surface area contributed by atoms with E-state index >= 15 is 0 Å². The topological polar surface area (TPSA) is 64.2 Å². The van der Waals surface area contributed by atoms with Gasteiger partial charge in [0, 0.05) is 45.0 Å². The largest absolute Gasteiger partial charge is 0.392 e. The van der Waals surface area contributed by atoms with Gasteiger partial charge in [0.25, 0.3) is 0 Å². The summed E-state index contributed by atoms with van der Waals surface area (Å²) in [6.45, 7) is 5.21. The van der Waals surface area contributed by atoms with E-state index in [4.69, 9.17) is 5.26 Å². The molecule has 1 aromatic carbocycles. The van der Waals surface area contributed by atoms with Crippen molar-refractivity contribution in [1.29, 1.82) is 5.26 Å². The van der Waals surface area contributed by atoms with E-state index in [2.05, 4.69) is 40.6 Å². The van der Waals surface area contributed by atoms with Gasteiger partial charge >= 0.3 is 0 Å². The van der Waals surface area contributed by atoms with Crippen LogP contribution in [0.4, 0.5) is 0 Å². The lowest BCUT2D eigenvalue weighted by Gasteiger charge is -2.24. The minimum Gasteiger partial charge on any atom is -0.392 e. The molecule has 25 heavy (non-hydrogen) atoms. The van der Waals surface area contributed by atoms with Crippen LogP contribution in [-0.2, 0) is 20.1 Å². The Morgan fingerprint density at radius 3 is 2.76 bits per heavy atom. The molecular formula is C20H26N4O. The van der Waals surface area contributed by atoms with Crippen molar-refractivity contribution in [1.82, 2.24) is 14.8 Å². The highest BCUT2D eigenvalue weighted by Crippen LogP contribution is 2.20. The Morgan fingerprint density at radius 1 is 1.32 bits per heavy atom. The van der Waals surface area contributed by atoms with Crippen molar-refractivity contribution in [3.63, 3.8) is 0 Å². The molecule has 0 bridgehead atoms. The highest BCUT2D eigenvalue weighted by molar-refractivity contribution is 5.34. The Labute approximate surface area is 149 Å². The van der Waals surface area contributed by atoms with Gasteiger partial charge in [0.05, 0.1) is 6.10 Å². The van der Waals surface area contributed by atoms with E-state index in [-0.39, 0.29) is 6.10 Å². The molecule has 5 heteroatoms. The lowest BCUT2D eigenvalue weighted by Crippen LogP contribution is -2.37. The molecule has 2 unspecified atom stereocenters. The Balaban J connectivity index is 1.57. The Morgan fingerprint density at radius 2 is 2.08 bits per heavy atom. The van der Waals surface area contributed by atoms with Gasteiger partial charge in [0.15, 0.2) is 0 Å². The zero-order valence-corrected chi connectivity index (χ0v) is 14.9. The third-order valence-corrected chi connectivity index (χ3v) is 5.18. The number of hydrogen-bond donors (Lipinski definition) is 2. The lowest BCUT2D eigenvalue weighted by atomic mass is 10.1. The summed E-state index contributed by atoms with van der Waals surface area (Å²) in [5, 5.41) is 22.7. The standard InChI is InChI=1S/C20H26N4O/c1-15-17(8-18(10-21)23(15)2)11-22-12-19-9-20(25)14-24(19)13-16-6-4-3-5-7-16/h3-8,19-20,22,25H,9,11-14H2,1-2H3. The number of aromatic nitrogens is 1. The van der Waals surface area contributed by atoms with Crippen LogP contribution in [0.5, 0.6) is 0 Å². The molecule has 0 saturated carbocycles. The van der Waals surface area contributed by atoms with Gasteiger partial charge in [-0.25, -0.2) is 0 Å². The van der Waals surface area contributed by atoms with Crippen LogP contribution in [0, 0.1) is 18.3 Å². The molecule has 2 aromatic rings. The molecule has 2 heterocycles. The molecule has 3 rings (SSSR count). The lowest BCUT2D eigenvalue weighted by molar-refractivity contribution is 0.172. The molecule has 0 aliphatic carbocycles. The van der Waals surface area contributed by atoms with E-state index < -0.39 is 0 Å². The number of aliphatic hydroxyl groups is 1. The van der Waals surface area contributed by atoms with Crippen LogP contribution in [-0.4, -0.2) is 39.8 Å². The monoisotopic (exact) mass is 338 g/mol. The Bertz CT molecular complexity index is 747. The zero-order chi connectivity index (χ0) is 17.8. The van der Waals surface area contributed by atoms with Crippen LogP contribution in [0.1, 0.15) is 28.9 Å². The fraction of sp³-hybridized carbons (Fsp3) is 0.450. The van der Waals surface area contributed by atoms with Crippen molar-refractivity contribution < 1.29 is 5.11 Å². The molecule has 2 N–H and O–H groups in total. The zero-order valence-electron chi connectivity index (χ0n) is 14.9. The fourth-order valence-electron chi connectivity index (χ4n) is 3.60. The first-order valence-electron chi connectivity index (χ1n) is 8.80. The maximum Gasteiger partial charge on any atom is 0.120 e. The summed E-state index contributed by atoms with van der Waals surface area (Å²) in [7, 11) is 1.92. The molecule has 1 aromatic heterocycles. The summed E-state index contributed by atoms with van der Waals surface area (Å²) < 4.78 is 1.93. The number of nitrogens with one attached hydrogen (secondary N) is 1. The first kappa shape index (κ1) is 17.7. The molecule has 0 amide bonds. The van der Waals surface area contributed by atoms with Crippen molar-refractivity contribution in [2.45, 2.75) is 38.6 Å². The van der Waals surface area contributed by atoms with E-state index in [0.29, 0.717) is 11.7 Å². The van der Waals surface area contributed by atoms with Crippen molar-refractivity contribution in [3.05, 3.63) is 58.9 Å². The summed E-state index contributed by atoms with van der Waals surface area (Å²) in [5.74, 6) is 0. The molecule has 132 valence electrons. The number of β-amino-alcohol motifs (C(OH)–C–C–N with tert-alkyl or cyclic N) is 1. The molecule has 0 spiro atoms. The van der Waals surface area contributed by atoms with Crippen LogP contribution >= 0.6 is 0 Å². The van der Waals surface area contributed by atoms with Crippen molar-refractivity contribution >= 4 is 0 Å². The first-order chi connectivity index (χ1) is 12.1. The van der Waals surface area contributed by atoms with Gasteiger partial charge in [0.2, 0.25) is 0 Å². The number of hydrogen-bond acceptors (Lipinski definition) is 4. The van der Waals surface area contributed by atoms with Gasteiger partial charge < -0.3 is 15.0 Å². The first-order valence-corrected chi connectivity index (χ1v) is 8.80. The molecule has 2 atom stereocenters. The molecule has 1 aliphatic rings. The summed E-state index contributed by atoms with van der Waals surface area (Å²) in [6, 6.07) is 14.9. The minimum atomic E-state index is -0.251. The smallest absolute Gasteiger partial charge is 0.120 e. The summed E-state index contributed by atoms with van der Waals surface area (Å²) in [5.41, 5.74) is 4.25. The van der Waals surface area contributed by atoms with Gasteiger partial charge in [0.1, 0.15) is 11.8 Å². The maximum atomic E-state index is 10.1. The second-order valence-corrected chi connectivity index (χ2v) is 6.90. The summed E-state index contributed by atoms with van der Waals surface area (Å²) in [6.07, 6.45) is 0.552. The minimum absolute atomic E-state index is 0.251. The van der Waals surface area contributed by atoms with E-state index in [1.54, 1.807) is 0 Å². The number of likely N-dealkylation sites (tertiary alicyclic amines) is 1. The predicted octanol–water partition coefficient (Wildman–Crippen LogP) is 1.93. The summed E-state index contributed by atoms with van der Waals surface area (Å²) in [4.78, 5) is 2.35. The van der Waals surface area contributed by atoms with Gasteiger partial charge in [-0.15, -0.1) is 0 Å². The van der Waals surface area contributed by atoms with E-state index in [1.807, 2.05) is 30.7 Å². The third-order valence-electron chi connectivity index (χ3n) is 5.18. The van der Waals surface area contributed by atoms with Gasteiger partial charge in [-0.3, -0.25) is 4.90 Å². The van der Waals surface area contributed by atoms with Crippen LogP contribution in [0.25, 0.3) is 0 Å². The normalized spacial score (nSPS) is 20.7. The maximum absolute atomic E-state index is 10.1. The van der Waals surface area contributed by atoms with E-state index in [1.165, 1.54) is 5.56 Å². The number of rotatable bonds is 6. The Hall–Kier alpha value is -2.13. The predicted molar refractivity (Wildman–Crippen MR) is 97.8 cm³/mol. The van der Waals surface area contributed by atoms with Gasteiger partial charge in [-0.05, 0) is 30.5 Å². The second-order valence-electron chi connectivity index (χ2n) is 6.90. The average Bonchev–Trinajstić information content (AvgIpc) is 3.09. The molecule has 1 saturated heterocycles. The van der Waals surface area contributed by atoms with Crippen LogP contribution in [0.15, 0.2) is 36.4 Å². The molecule has 5 nitrogen and oxygen atoms in total. The molecule has 1 aliphatic heterocycles. The fourth-order valence-corrected chi connectivity index (χ4v) is 3.60. The van der Waals surface area contributed by atoms with Crippen LogP contribution in [0.2, 0.25) is 0 Å². The third kappa shape index (κ3) is 4.10. The highest BCUT2D eigenvalue weighted by atomic mass is 16.3. The number of nitriles is 1. The van der Waals surface area contributed by atoms with Crippen molar-refractivity contribution in [2.75, 3.05) is 13.1 Å². The second kappa shape index (κ2) is 7.83. The van der Waals surface area contributed by atoms with Crippen molar-refractivity contribution in [3.8, 4) is 6.07 Å². The van der Waals surface area contributed by atoms with Crippen LogP contribution in [0.3, 0.4) is 0 Å². The van der Waals surface area contributed by atoms with Crippen LogP contribution < -0.4 is 5.32 Å². The SMILES string of the molecule is Cc1c(CNCC2CC(O)CN2Cc2ccccc2)cc(C#N)n1C.